The number of methoxy groups -OCH3 is 2. The zero-order valence-electron chi connectivity index (χ0n) is 24.1. The van der Waals surface area contributed by atoms with Crippen LogP contribution >= 0.6 is 11.6 Å². The van der Waals surface area contributed by atoms with E-state index in [1.165, 1.54) is 29.5 Å². The molecule has 3 aromatic carbocycles. The number of rotatable bonds is 8. The summed E-state index contributed by atoms with van der Waals surface area (Å²) in [6, 6.07) is 18.6. The van der Waals surface area contributed by atoms with Crippen LogP contribution in [0.1, 0.15) is 23.2 Å². The Kier molecular flexibility index (Phi) is 9.28. The van der Waals surface area contributed by atoms with Crippen molar-refractivity contribution in [1.29, 1.82) is 0 Å². The van der Waals surface area contributed by atoms with Gasteiger partial charge in [-0.2, -0.15) is 4.31 Å². The highest BCUT2D eigenvalue weighted by atomic mass is 35.5. The number of fused-ring (bicyclic) bond motifs is 1. The van der Waals surface area contributed by atoms with Crippen LogP contribution in [0.5, 0.6) is 0 Å². The van der Waals surface area contributed by atoms with Crippen molar-refractivity contribution in [3.8, 4) is 11.1 Å². The molecule has 228 valence electrons. The van der Waals surface area contributed by atoms with Crippen molar-refractivity contribution in [2.24, 2.45) is 0 Å². The molecule has 1 saturated heterocycles. The minimum absolute atomic E-state index is 0.0347. The number of amides is 1. The van der Waals surface area contributed by atoms with Crippen LogP contribution in [0, 0.1) is 0 Å². The van der Waals surface area contributed by atoms with Gasteiger partial charge in [0.25, 0.3) is 5.91 Å². The Morgan fingerprint density at radius 2 is 1.34 bits per heavy atom. The minimum Gasteiger partial charge on any atom is -0.469 e. The Morgan fingerprint density at radius 3 is 1.93 bits per heavy atom. The van der Waals surface area contributed by atoms with E-state index in [1.807, 2.05) is 12.1 Å². The van der Waals surface area contributed by atoms with Gasteiger partial charge in [-0.1, -0.05) is 35.9 Å². The zero-order valence-corrected chi connectivity index (χ0v) is 25.6. The summed E-state index contributed by atoms with van der Waals surface area (Å²) >= 11 is 6.09. The monoisotopic (exact) mass is 635 g/mol. The first-order valence-electron chi connectivity index (χ1n) is 13.8. The Labute approximate surface area is 260 Å². The number of piperazine rings is 1. The summed E-state index contributed by atoms with van der Waals surface area (Å²) in [6.45, 7) is -0.372. The van der Waals surface area contributed by atoms with Gasteiger partial charge in [-0.15, -0.1) is 0 Å². The number of benzene rings is 3. The highest BCUT2D eigenvalue weighted by molar-refractivity contribution is 7.89. The van der Waals surface area contributed by atoms with Crippen molar-refractivity contribution in [1.82, 2.24) is 14.2 Å². The number of hydrogen-bond donors (Lipinski definition) is 0. The fourth-order valence-electron chi connectivity index (χ4n) is 5.43. The summed E-state index contributed by atoms with van der Waals surface area (Å²) in [7, 11) is -1.67. The molecule has 0 spiro atoms. The van der Waals surface area contributed by atoms with Gasteiger partial charge in [0, 0.05) is 36.1 Å². The van der Waals surface area contributed by atoms with Crippen LogP contribution in [0.15, 0.2) is 90.1 Å². The molecule has 0 aliphatic carbocycles. The molecule has 0 saturated carbocycles. The molecule has 1 aromatic heterocycles. The van der Waals surface area contributed by atoms with E-state index in [4.69, 9.17) is 21.1 Å². The number of halogens is 1. The maximum absolute atomic E-state index is 14.0. The van der Waals surface area contributed by atoms with Crippen LogP contribution in [0.25, 0.3) is 21.9 Å². The quantitative estimate of drug-likeness (QED) is 0.258. The fraction of sp³-hybridized carbons (Fsp3) is 0.250. The van der Waals surface area contributed by atoms with Gasteiger partial charge in [0.2, 0.25) is 10.0 Å². The van der Waals surface area contributed by atoms with Gasteiger partial charge in [0.05, 0.1) is 44.0 Å². The molecule has 0 bridgehead atoms. The van der Waals surface area contributed by atoms with Crippen LogP contribution in [0.3, 0.4) is 0 Å². The molecule has 0 N–H and O–H groups in total. The SMILES string of the molecule is COC(=O)CC1CN(S(=O)(=O)c2ccc3cc(Cl)ccc3c2)CC(CC(=O)OC)N1C(=O)c1ccc(-c2ccncc2)cc1. The minimum atomic E-state index is -4.11. The van der Waals surface area contributed by atoms with Gasteiger partial charge < -0.3 is 14.4 Å². The summed E-state index contributed by atoms with van der Waals surface area (Å²) in [5, 5.41) is 1.97. The average Bonchev–Trinajstić information content (AvgIpc) is 3.04. The summed E-state index contributed by atoms with van der Waals surface area (Å²) in [4.78, 5) is 44.6. The van der Waals surface area contributed by atoms with E-state index in [0.29, 0.717) is 16.0 Å². The second-order valence-electron chi connectivity index (χ2n) is 10.4. The number of esters is 2. The van der Waals surface area contributed by atoms with Gasteiger partial charge in [0.1, 0.15) is 0 Å². The van der Waals surface area contributed by atoms with Crippen LogP contribution in [-0.4, -0.2) is 79.8 Å². The van der Waals surface area contributed by atoms with Crippen molar-refractivity contribution < 1.29 is 32.3 Å². The molecule has 2 unspecified atom stereocenters. The van der Waals surface area contributed by atoms with E-state index in [2.05, 4.69) is 4.98 Å². The molecular formula is C32H30ClN3O7S. The molecule has 2 heterocycles. The summed E-state index contributed by atoms with van der Waals surface area (Å²) in [6.07, 6.45) is 2.78. The lowest BCUT2D eigenvalue weighted by atomic mass is 9.99. The van der Waals surface area contributed by atoms with E-state index in [-0.39, 0.29) is 30.8 Å². The maximum Gasteiger partial charge on any atom is 0.307 e. The lowest BCUT2D eigenvalue weighted by molar-refractivity contribution is -0.143. The first-order valence-corrected chi connectivity index (χ1v) is 15.6. The number of nitrogens with zero attached hydrogens (tertiary/aromatic N) is 3. The molecular weight excluding hydrogens is 606 g/mol. The van der Waals surface area contributed by atoms with Crippen molar-refractivity contribution in [3.05, 3.63) is 95.8 Å². The molecule has 44 heavy (non-hydrogen) atoms. The van der Waals surface area contributed by atoms with Crippen molar-refractivity contribution in [2.45, 2.75) is 29.8 Å². The molecule has 1 aliphatic heterocycles. The number of ether oxygens (including phenoxy) is 2. The molecule has 2 atom stereocenters. The number of sulfonamides is 1. The normalized spacial score (nSPS) is 17.3. The smallest absolute Gasteiger partial charge is 0.307 e. The Balaban J connectivity index is 1.51. The Hall–Kier alpha value is -4.32. The lowest BCUT2D eigenvalue weighted by Gasteiger charge is -2.45. The van der Waals surface area contributed by atoms with Crippen LogP contribution in [0.2, 0.25) is 5.02 Å². The van der Waals surface area contributed by atoms with E-state index in [9.17, 15) is 22.8 Å². The molecule has 1 amide bonds. The molecule has 12 heteroatoms. The van der Waals surface area contributed by atoms with Gasteiger partial charge >= 0.3 is 11.9 Å². The zero-order chi connectivity index (χ0) is 31.4. The third-order valence-electron chi connectivity index (χ3n) is 7.67. The number of pyridine rings is 1. The van der Waals surface area contributed by atoms with Crippen molar-refractivity contribution in [3.63, 3.8) is 0 Å². The number of aromatic nitrogens is 1. The summed E-state index contributed by atoms with van der Waals surface area (Å²) < 4.78 is 39.0. The molecule has 4 aromatic rings. The van der Waals surface area contributed by atoms with Crippen molar-refractivity contribution >= 4 is 50.2 Å². The van der Waals surface area contributed by atoms with Gasteiger partial charge in [0.15, 0.2) is 0 Å². The first-order chi connectivity index (χ1) is 21.1. The highest BCUT2D eigenvalue weighted by Gasteiger charge is 2.44. The summed E-state index contributed by atoms with van der Waals surface area (Å²) in [5.74, 6) is -1.70. The predicted octanol–water partition coefficient (Wildman–Crippen LogP) is 4.57. The molecule has 1 fully saturated rings. The molecule has 0 radical (unpaired) electrons. The molecule has 1 aliphatic rings. The van der Waals surface area contributed by atoms with Gasteiger partial charge in [-0.05, 0) is 70.4 Å². The predicted molar refractivity (Wildman–Crippen MR) is 164 cm³/mol. The molecule has 10 nitrogen and oxygen atoms in total. The van der Waals surface area contributed by atoms with Crippen molar-refractivity contribution in [2.75, 3.05) is 27.3 Å². The largest absolute Gasteiger partial charge is 0.469 e. The standard InChI is InChI=1S/C32H30ClN3O7S/c1-42-30(37)17-27-19-35(44(40,41)29-10-8-24-15-26(33)9-7-25(24)16-29)20-28(18-31(38)43-2)36(27)32(39)23-5-3-21(4-6-23)22-11-13-34-14-12-22/h3-16,27-28H,17-20H2,1-2H3. The first kappa shape index (κ1) is 31.1. The Morgan fingerprint density at radius 1 is 0.795 bits per heavy atom. The van der Waals surface area contributed by atoms with Crippen LogP contribution in [-0.2, 0) is 29.1 Å². The lowest BCUT2D eigenvalue weighted by Crippen LogP contribution is -2.62. The second-order valence-corrected chi connectivity index (χ2v) is 12.7. The highest BCUT2D eigenvalue weighted by Crippen LogP contribution is 2.31. The summed E-state index contributed by atoms with van der Waals surface area (Å²) in [5.41, 5.74) is 2.11. The van der Waals surface area contributed by atoms with Gasteiger partial charge in [-0.3, -0.25) is 19.4 Å². The van der Waals surface area contributed by atoms with Crippen LogP contribution < -0.4 is 0 Å². The second kappa shape index (κ2) is 13.1. The average molecular weight is 636 g/mol. The van der Waals surface area contributed by atoms with E-state index in [1.54, 1.807) is 67.0 Å². The van der Waals surface area contributed by atoms with E-state index < -0.39 is 40.0 Å². The van der Waals surface area contributed by atoms with E-state index in [0.717, 1.165) is 16.5 Å². The number of hydrogen-bond acceptors (Lipinski definition) is 8. The third kappa shape index (κ3) is 6.59. The maximum atomic E-state index is 14.0. The fourth-order valence-corrected chi connectivity index (χ4v) is 7.16. The van der Waals surface area contributed by atoms with E-state index >= 15 is 0 Å². The van der Waals surface area contributed by atoms with Crippen LogP contribution in [0.4, 0.5) is 0 Å². The number of carbonyl (C=O) groups is 3. The number of carbonyl (C=O) groups excluding carboxylic acids is 3. The molecule has 5 rings (SSSR count). The third-order valence-corrected chi connectivity index (χ3v) is 9.73. The topological polar surface area (TPSA) is 123 Å². The Bertz CT molecular complexity index is 1770. The van der Waals surface area contributed by atoms with Gasteiger partial charge in [-0.25, -0.2) is 8.42 Å².